The maximum Gasteiger partial charge on any atom is 0.418 e. The molecule has 3 rings (SSSR count). The van der Waals surface area contributed by atoms with Gasteiger partial charge in [0.15, 0.2) is 0 Å². The third kappa shape index (κ3) is 3.36. The third-order valence-electron chi connectivity index (χ3n) is 3.78. The minimum absolute atomic E-state index is 0.268. The second-order valence-electron chi connectivity index (χ2n) is 5.40. The molecule has 0 unspecified atom stereocenters. The van der Waals surface area contributed by atoms with E-state index < -0.39 is 11.7 Å². The van der Waals surface area contributed by atoms with Crippen molar-refractivity contribution in [3.8, 4) is 11.3 Å². The molecule has 1 aromatic heterocycles. The van der Waals surface area contributed by atoms with E-state index in [9.17, 15) is 13.2 Å². The van der Waals surface area contributed by atoms with Crippen molar-refractivity contribution in [3.63, 3.8) is 0 Å². The summed E-state index contributed by atoms with van der Waals surface area (Å²) in [6.07, 6.45) is -1.46. The lowest BCUT2D eigenvalue weighted by Crippen LogP contribution is -2.05. The zero-order chi connectivity index (χ0) is 17.2. The Kier molecular flexibility index (Phi) is 4.71. The molecule has 0 N–H and O–H groups in total. The van der Waals surface area contributed by atoms with Crippen LogP contribution in [0, 0.1) is 0 Å². The molecule has 0 aliphatic carbocycles. The Hall–Kier alpha value is -2.14. The second-order valence-corrected chi connectivity index (χ2v) is 6.22. The molecule has 0 atom stereocenters. The fraction of sp³-hybridized carbons (Fsp3) is 0.158. The molecule has 124 valence electrons. The molecule has 1 heterocycles. The lowest BCUT2D eigenvalue weighted by Gasteiger charge is -2.11. The first-order valence-electron chi connectivity index (χ1n) is 7.44. The van der Waals surface area contributed by atoms with Crippen LogP contribution in [0.4, 0.5) is 13.2 Å². The molecular formula is C19H16F3NS. The number of thioether (sulfide) groups is 1. The van der Waals surface area contributed by atoms with Crippen molar-refractivity contribution in [1.82, 2.24) is 4.57 Å². The summed E-state index contributed by atoms with van der Waals surface area (Å²) in [4.78, 5) is 0.268. The van der Waals surface area contributed by atoms with Gasteiger partial charge in [-0.25, -0.2) is 0 Å². The number of hydrogen-bond acceptors (Lipinski definition) is 1. The second kappa shape index (κ2) is 6.77. The smallest absolute Gasteiger partial charge is 0.341 e. The number of alkyl halides is 3. The fourth-order valence-corrected chi connectivity index (χ4v) is 3.56. The molecule has 1 nitrogen and oxygen atoms in total. The van der Waals surface area contributed by atoms with Gasteiger partial charge >= 0.3 is 6.18 Å². The van der Waals surface area contributed by atoms with Gasteiger partial charge in [0.1, 0.15) is 0 Å². The lowest BCUT2D eigenvalue weighted by atomic mass is 10.1. The predicted molar refractivity (Wildman–Crippen MR) is 92.2 cm³/mol. The predicted octanol–water partition coefficient (Wildman–Crippen LogP) is 5.94. The van der Waals surface area contributed by atoms with Crippen LogP contribution in [0.1, 0.15) is 11.1 Å². The minimum atomic E-state index is -4.37. The van der Waals surface area contributed by atoms with Gasteiger partial charge in [0, 0.05) is 17.6 Å². The monoisotopic (exact) mass is 347 g/mol. The summed E-state index contributed by atoms with van der Waals surface area (Å²) in [5, 5.41) is 0. The standard InChI is InChI=1S/C19H16F3NS/c1-24-18-16(19(20,21)22)13-23(12-14-8-4-2-5-9-14)17(18)15-10-6-3-7-11-15/h2-11,13H,12H2,1H3. The molecular weight excluding hydrogens is 331 g/mol. The van der Waals surface area contributed by atoms with Gasteiger partial charge in [-0.1, -0.05) is 60.7 Å². The van der Waals surface area contributed by atoms with Gasteiger partial charge in [0.05, 0.1) is 11.3 Å². The van der Waals surface area contributed by atoms with Crippen molar-refractivity contribution in [3.05, 3.63) is 78.0 Å². The number of aromatic nitrogens is 1. The molecule has 2 aromatic carbocycles. The van der Waals surface area contributed by atoms with Gasteiger partial charge < -0.3 is 4.57 Å². The average molecular weight is 347 g/mol. The Morgan fingerprint density at radius 1 is 0.917 bits per heavy atom. The summed E-state index contributed by atoms with van der Waals surface area (Å²) in [5.74, 6) is 0. The highest BCUT2D eigenvalue weighted by Crippen LogP contribution is 2.43. The van der Waals surface area contributed by atoms with Crippen LogP contribution in [0.25, 0.3) is 11.3 Å². The van der Waals surface area contributed by atoms with Gasteiger partial charge in [0.25, 0.3) is 0 Å². The van der Waals surface area contributed by atoms with Gasteiger partial charge in [-0.05, 0) is 17.4 Å². The van der Waals surface area contributed by atoms with Crippen molar-refractivity contribution in [2.75, 3.05) is 6.26 Å². The van der Waals surface area contributed by atoms with E-state index in [2.05, 4.69) is 0 Å². The van der Waals surface area contributed by atoms with E-state index in [4.69, 9.17) is 0 Å². The van der Waals surface area contributed by atoms with E-state index in [1.54, 1.807) is 10.8 Å². The molecule has 0 amide bonds. The van der Waals surface area contributed by atoms with E-state index in [0.717, 1.165) is 22.9 Å². The van der Waals surface area contributed by atoms with E-state index in [1.807, 2.05) is 60.7 Å². The molecule has 0 aliphatic heterocycles. The largest absolute Gasteiger partial charge is 0.418 e. The number of benzene rings is 2. The Bertz CT molecular complexity index is 808. The van der Waals surface area contributed by atoms with Crippen LogP contribution >= 0.6 is 11.8 Å². The highest BCUT2D eigenvalue weighted by atomic mass is 32.2. The summed E-state index contributed by atoms with van der Waals surface area (Å²) in [5.41, 5.74) is 1.78. The van der Waals surface area contributed by atoms with Gasteiger partial charge in [-0.3, -0.25) is 0 Å². The van der Waals surface area contributed by atoms with Gasteiger partial charge in [0.2, 0.25) is 0 Å². The maximum atomic E-state index is 13.5. The number of halogens is 3. The Morgan fingerprint density at radius 3 is 2.04 bits per heavy atom. The van der Waals surface area contributed by atoms with Crippen LogP contribution in [0.15, 0.2) is 71.8 Å². The van der Waals surface area contributed by atoms with Crippen molar-refractivity contribution in [1.29, 1.82) is 0 Å². The summed E-state index contributed by atoms with van der Waals surface area (Å²) in [7, 11) is 0. The molecule has 0 spiro atoms. The summed E-state index contributed by atoms with van der Waals surface area (Å²) < 4.78 is 42.1. The molecule has 0 bridgehead atoms. The minimum Gasteiger partial charge on any atom is -0.341 e. The highest BCUT2D eigenvalue weighted by molar-refractivity contribution is 7.98. The molecule has 3 aromatic rings. The first-order chi connectivity index (χ1) is 11.5. The quantitative estimate of drug-likeness (QED) is 0.528. The molecule has 0 saturated heterocycles. The first-order valence-corrected chi connectivity index (χ1v) is 8.67. The van der Waals surface area contributed by atoms with Crippen LogP contribution in [0.3, 0.4) is 0 Å². The molecule has 0 fully saturated rings. The first kappa shape index (κ1) is 16.7. The van der Waals surface area contributed by atoms with E-state index in [0.29, 0.717) is 12.2 Å². The van der Waals surface area contributed by atoms with Gasteiger partial charge in [-0.15, -0.1) is 11.8 Å². The van der Waals surface area contributed by atoms with Crippen LogP contribution in [-0.4, -0.2) is 10.8 Å². The normalized spacial score (nSPS) is 11.7. The van der Waals surface area contributed by atoms with Crippen LogP contribution < -0.4 is 0 Å². The Balaban J connectivity index is 2.18. The molecule has 5 heteroatoms. The lowest BCUT2D eigenvalue weighted by molar-refractivity contribution is -0.139. The summed E-state index contributed by atoms with van der Waals surface area (Å²) in [6.45, 7) is 0.398. The van der Waals surface area contributed by atoms with Crippen LogP contribution in [0.5, 0.6) is 0 Å². The summed E-state index contributed by atoms with van der Waals surface area (Å²) >= 11 is 1.13. The zero-order valence-corrected chi connectivity index (χ0v) is 13.9. The van der Waals surface area contributed by atoms with Crippen molar-refractivity contribution >= 4 is 11.8 Å². The molecule has 24 heavy (non-hydrogen) atoms. The SMILES string of the molecule is CSc1c(C(F)(F)F)cn(Cc2ccccc2)c1-c1ccccc1. The van der Waals surface area contributed by atoms with Crippen molar-refractivity contribution in [2.24, 2.45) is 0 Å². The van der Waals surface area contributed by atoms with Crippen molar-refractivity contribution < 1.29 is 13.2 Å². The van der Waals surface area contributed by atoms with Gasteiger partial charge in [-0.2, -0.15) is 13.2 Å². The number of nitrogens with zero attached hydrogens (tertiary/aromatic N) is 1. The van der Waals surface area contributed by atoms with Crippen LogP contribution in [0.2, 0.25) is 0 Å². The van der Waals surface area contributed by atoms with E-state index in [-0.39, 0.29) is 4.90 Å². The van der Waals surface area contributed by atoms with E-state index in [1.165, 1.54) is 6.20 Å². The summed E-state index contributed by atoms with van der Waals surface area (Å²) in [6, 6.07) is 18.7. The number of hydrogen-bond donors (Lipinski definition) is 0. The Labute approximate surface area is 143 Å². The zero-order valence-electron chi connectivity index (χ0n) is 13.0. The third-order valence-corrected chi connectivity index (χ3v) is 4.61. The van der Waals surface area contributed by atoms with E-state index >= 15 is 0 Å². The van der Waals surface area contributed by atoms with Crippen LogP contribution in [-0.2, 0) is 12.7 Å². The number of rotatable bonds is 4. The van der Waals surface area contributed by atoms with Crippen molar-refractivity contribution in [2.45, 2.75) is 17.6 Å². The maximum absolute atomic E-state index is 13.5. The fourth-order valence-electron chi connectivity index (χ4n) is 2.74. The highest BCUT2D eigenvalue weighted by Gasteiger charge is 2.37. The topological polar surface area (TPSA) is 4.93 Å². The molecule has 0 aliphatic rings. The molecule has 0 saturated carbocycles. The Morgan fingerprint density at radius 2 is 1.50 bits per heavy atom. The molecule has 0 radical (unpaired) electrons. The average Bonchev–Trinajstić information content (AvgIpc) is 2.95.